The predicted molar refractivity (Wildman–Crippen MR) is 66.5 cm³/mol. The minimum Gasteiger partial charge on any atom is -0.396 e. The minimum atomic E-state index is -0.911. The van der Waals surface area contributed by atoms with Crippen molar-refractivity contribution in [1.29, 1.82) is 0 Å². The van der Waals surface area contributed by atoms with Crippen molar-refractivity contribution in [3.8, 4) is 0 Å². The highest BCUT2D eigenvalue weighted by molar-refractivity contribution is 5.95. The number of hydrogen-bond donors (Lipinski definition) is 3. The molecule has 0 aliphatic heterocycles. The Labute approximate surface area is 109 Å². The van der Waals surface area contributed by atoms with E-state index in [1.807, 2.05) is 0 Å². The van der Waals surface area contributed by atoms with Crippen molar-refractivity contribution >= 4 is 11.6 Å². The lowest BCUT2D eigenvalue weighted by Crippen LogP contribution is -2.31. The fourth-order valence-corrected chi connectivity index (χ4v) is 2.07. The van der Waals surface area contributed by atoms with Crippen LogP contribution < -0.4 is 11.1 Å². The van der Waals surface area contributed by atoms with Gasteiger partial charge < -0.3 is 16.2 Å². The number of benzene rings is 1. The summed E-state index contributed by atoms with van der Waals surface area (Å²) >= 11 is 0. The summed E-state index contributed by atoms with van der Waals surface area (Å²) in [7, 11) is 0. The van der Waals surface area contributed by atoms with E-state index in [-0.39, 0.29) is 17.7 Å². The molecule has 4 N–H and O–H groups in total. The van der Waals surface area contributed by atoms with Crippen LogP contribution in [-0.4, -0.2) is 24.2 Å². The topological polar surface area (TPSA) is 75.4 Å². The van der Waals surface area contributed by atoms with E-state index in [9.17, 15) is 13.6 Å². The Morgan fingerprint density at radius 3 is 2.68 bits per heavy atom. The molecule has 1 aromatic carbocycles. The molecular formula is C13H16F2N2O2. The van der Waals surface area contributed by atoms with Gasteiger partial charge in [0.2, 0.25) is 0 Å². The van der Waals surface area contributed by atoms with E-state index in [1.165, 1.54) is 0 Å². The SMILES string of the molecule is Nc1cc(F)cc(C(=O)NCC2(CCO)CC2)c1F. The molecule has 0 heterocycles. The Bertz CT molecular complexity index is 502. The highest BCUT2D eigenvalue weighted by atomic mass is 19.1. The molecule has 1 saturated carbocycles. The van der Waals surface area contributed by atoms with Crippen molar-refractivity contribution in [2.24, 2.45) is 5.41 Å². The van der Waals surface area contributed by atoms with Gasteiger partial charge in [-0.15, -0.1) is 0 Å². The molecule has 0 bridgehead atoms. The number of aliphatic hydroxyl groups excluding tert-OH is 1. The van der Waals surface area contributed by atoms with Gasteiger partial charge >= 0.3 is 0 Å². The van der Waals surface area contributed by atoms with Crippen LogP contribution >= 0.6 is 0 Å². The molecule has 19 heavy (non-hydrogen) atoms. The van der Waals surface area contributed by atoms with E-state index < -0.39 is 23.1 Å². The number of nitrogens with two attached hydrogens (primary N) is 1. The van der Waals surface area contributed by atoms with Crippen LogP contribution in [-0.2, 0) is 0 Å². The van der Waals surface area contributed by atoms with Gasteiger partial charge in [-0.05, 0) is 36.8 Å². The predicted octanol–water partition coefficient (Wildman–Crippen LogP) is 1.44. The van der Waals surface area contributed by atoms with E-state index in [2.05, 4.69) is 5.32 Å². The van der Waals surface area contributed by atoms with E-state index in [1.54, 1.807) is 0 Å². The summed E-state index contributed by atoms with van der Waals surface area (Å²) in [4.78, 5) is 11.8. The maximum Gasteiger partial charge on any atom is 0.254 e. The summed E-state index contributed by atoms with van der Waals surface area (Å²) in [6.07, 6.45) is 2.43. The third-order valence-corrected chi connectivity index (χ3v) is 3.53. The van der Waals surface area contributed by atoms with Crippen LogP contribution in [0.4, 0.5) is 14.5 Å². The molecule has 2 rings (SSSR count). The number of aliphatic hydroxyl groups is 1. The van der Waals surface area contributed by atoms with E-state index in [4.69, 9.17) is 10.8 Å². The number of carbonyl (C=O) groups excluding carboxylic acids is 1. The van der Waals surface area contributed by atoms with E-state index >= 15 is 0 Å². The van der Waals surface area contributed by atoms with Gasteiger partial charge in [0.1, 0.15) is 5.82 Å². The van der Waals surface area contributed by atoms with Crippen molar-refractivity contribution in [3.63, 3.8) is 0 Å². The van der Waals surface area contributed by atoms with Gasteiger partial charge in [0.05, 0.1) is 11.3 Å². The van der Waals surface area contributed by atoms with Crippen molar-refractivity contribution in [2.45, 2.75) is 19.3 Å². The zero-order chi connectivity index (χ0) is 14.0. The number of hydrogen-bond acceptors (Lipinski definition) is 3. The second-order valence-electron chi connectivity index (χ2n) is 5.01. The quantitative estimate of drug-likeness (QED) is 0.709. The van der Waals surface area contributed by atoms with Gasteiger partial charge in [0.15, 0.2) is 5.82 Å². The normalized spacial score (nSPS) is 16.2. The summed E-state index contributed by atoms with van der Waals surface area (Å²) in [5.41, 5.74) is 4.41. The first-order valence-electron chi connectivity index (χ1n) is 6.11. The molecule has 0 aromatic heterocycles. The molecule has 6 heteroatoms. The summed E-state index contributed by atoms with van der Waals surface area (Å²) in [6.45, 7) is 0.402. The minimum absolute atomic E-state index is 0.0527. The second kappa shape index (κ2) is 5.13. The van der Waals surface area contributed by atoms with E-state index in [0.29, 0.717) is 13.0 Å². The molecule has 0 atom stereocenters. The Hall–Kier alpha value is -1.69. The molecule has 4 nitrogen and oxygen atoms in total. The maximum atomic E-state index is 13.6. The van der Waals surface area contributed by atoms with Gasteiger partial charge in [-0.1, -0.05) is 0 Å². The molecule has 1 amide bonds. The fourth-order valence-electron chi connectivity index (χ4n) is 2.07. The molecular weight excluding hydrogens is 254 g/mol. The zero-order valence-corrected chi connectivity index (χ0v) is 10.4. The summed E-state index contributed by atoms with van der Waals surface area (Å²) in [5.74, 6) is -2.35. The number of carbonyl (C=O) groups is 1. The first-order valence-corrected chi connectivity index (χ1v) is 6.11. The zero-order valence-electron chi connectivity index (χ0n) is 10.4. The highest BCUT2D eigenvalue weighted by Crippen LogP contribution is 2.47. The number of rotatable bonds is 5. The molecule has 0 unspecified atom stereocenters. The van der Waals surface area contributed by atoms with Gasteiger partial charge in [0, 0.05) is 13.2 Å². The molecule has 0 spiro atoms. The van der Waals surface area contributed by atoms with Gasteiger partial charge in [0.25, 0.3) is 5.91 Å². The van der Waals surface area contributed by atoms with Crippen molar-refractivity contribution in [1.82, 2.24) is 5.32 Å². The Morgan fingerprint density at radius 2 is 2.11 bits per heavy atom. The first-order chi connectivity index (χ1) is 8.97. The van der Waals surface area contributed by atoms with Crippen molar-refractivity contribution < 1.29 is 18.7 Å². The van der Waals surface area contributed by atoms with Crippen LogP contribution in [0.25, 0.3) is 0 Å². The molecule has 0 saturated heterocycles. The average molecular weight is 270 g/mol. The molecule has 1 fully saturated rings. The summed E-state index contributed by atoms with van der Waals surface area (Å²) < 4.78 is 26.7. The monoisotopic (exact) mass is 270 g/mol. The lowest BCUT2D eigenvalue weighted by Gasteiger charge is -2.15. The lowest BCUT2D eigenvalue weighted by molar-refractivity contribution is 0.0936. The number of amides is 1. The average Bonchev–Trinajstić information content (AvgIpc) is 3.12. The highest BCUT2D eigenvalue weighted by Gasteiger charge is 2.42. The van der Waals surface area contributed by atoms with Crippen LogP contribution in [0.5, 0.6) is 0 Å². The number of anilines is 1. The maximum absolute atomic E-state index is 13.6. The fraction of sp³-hybridized carbons (Fsp3) is 0.462. The summed E-state index contributed by atoms with van der Waals surface area (Å²) in [6, 6.07) is 1.66. The largest absolute Gasteiger partial charge is 0.396 e. The van der Waals surface area contributed by atoms with Gasteiger partial charge in [-0.2, -0.15) is 0 Å². The van der Waals surface area contributed by atoms with Crippen molar-refractivity contribution in [3.05, 3.63) is 29.3 Å². The van der Waals surface area contributed by atoms with Crippen LogP contribution in [0.1, 0.15) is 29.6 Å². The summed E-state index contributed by atoms with van der Waals surface area (Å²) in [5, 5.41) is 11.5. The Kier molecular flexibility index (Phi) is 3.71. The smallest absolute Gasteiger partial charge is 0.254 e. The first kappa shape index (κ1) is 13.7. The van der Waals surface area contributed by atoms with Crippen LogP contribution in [0.2, 0.25) is 0 Å². The molecule has 1 aliphatic rings. The van der Waals surface area contributed by atoms with Gasteiger partial charge in [-0.3, -0.25) is 4.79 Å². The molecule has 0 radical (unpaired) electrons. The standard InChI is InChI=1S/C13H16F2N2O2/c14-8-5-9(11(15)10(16)6-8)12(19)17-7-13(1-2-13)3-4-18/h5-6,18H,1-4,7,16H2,(H,17,19). The number of nitrogen functional groups attached to an aromatic ring is 1. The molecule has 104 valence electrons. The van der Waals surface area contributed by atoms with Crippen LogP contribution in [0.15, 0.2) is 12.1 Å². The van der Waals surface area contributed by atoms with E-state index in [0.717, 1.165) is 25.0 Å². The third kappa shape index (κ3) is 3.01. The Morgan fingerprint density at radius 1 is 1.42 bits per heavy atom. The number of halogens is 2. The van der Waals surface area contributed by atoms with Crippen LogP contribution in [0, 0.1) is 17.0 Å². The van der Waals surface area contributed by atoms with Gasteiger partial charge in [-0.25, -0.2) is 8.78 Å². The lowest BCUT2D eigenvalue weighted by atomic mass is 10.0. The second-order valence-corrected chi connectivity index (χ2v) is 5.01. The third-order valence-electron chi connectivity index (χ3n) is 3.53. The van der Waals surface area contributed by atoms with Crippen molar-refractivity contribution in [2.75, 3.05) is 18.9 Å². The molecule has 1 aromatic rings. The Balaban J connectivity index is 2.04. The van der Waals surface area contributed by atoms with Crippen LogP contribution in [0.3, 0.4) is 0 Å². The number of nitrogens with one attached hydrogen (secondary N) is 1. The molecule has 1 aliphatic carbocycles.